The van der Waals surface area contributed by atoms with Crippen molar-refractivity contribution >= 4 is 23.0 Å². The van der Waals surface area contributed by atoms with E-state index in [0.717, 1.165) is 16.3 Å². The average molecular weight is 395 g/mol. The average Bonchev–Trinajstić information content (AvgIpc) is 3.21. The molecule has 7 heteroatoms. The van der Waals surface area contributed by atoms with E-state index >= 15 is 0 Å². The van der Waals surface area contributed by atoms with Crippen LogP contribution in [-0.2, 0) is 11.2 Å². The summed E-state index contributed by atoms with van der Waals surface area (Å²) in [6, 6.07) is 10.8. The monoisotopic (exact) mass is 395 g/mol. The molecule has 3 aromatic rings. The molecule has 0 unspecified atom stereocenters. The fourth-order valence-electron chi connectivity index (χ4n) is 2.63. The van der Waals surface area contributed by atoms with E-state index in [4.69, 9.17) is 4.74 Å². The van der Waals surface area contributed by atoms with Crippen LogP contribution in [0.1, 0.15) is 28.9 Å². The summed E-state index contributed by atoms with van der Waals surface area (Å²) in [7, 11) is 1.55. The van der Waals surface area contributed by atoms with E-state index in [1.165, 1.54) is 0 Å². The first-order valence-electron chi connectivity index (χ1n) is 8.94. The highest BCUT2D eigenvalue weighted by Gasteiger charge is 2.10. The van der Waals surface area contributed by atoms with Crippen LogP contribution in [0, 0.1) is 0 Å². The van der Waals surface area contributed by atoms with E-state index in [1.807, 2.05) is 17.5 Å². The van der Waals surface area contributed by atoms with Gasteiger partial charge in [-0.2, -0.15) is 0 Å². The van der Waals surface area contributed by atoms with Gasteiger partial charge in [-0.25, -0.2) is 4.98 Å². The number of Topliss-reactive ketones (excluding diaryl/α,β-unsaturated/α-hetero) is 1. The van der Waals surface area contributed by atoms with Crippen LogP contribution in [0.15, 0.2) is 54.2 Å². The zero-order valence-electron chi connectivity index (χ0n) is 15.6. The molecule has 0 atom stereocenters. The Bertz CT molecular complexity index is 941. The number of methoxy groups -OCH3 is 1. The third-order valence-corrected chi connectivity index (χ3v) is 5.07. The van der Waals surface area contributed by atoms with Crippen LogP contribution in [0.5, 0.6) is 5.75 Å². The lowest BCUT2D eigenvalue weighted by Gasteiger charge is -2.05. The van der Waals surface area contributed by atoms with Gasteiger partial charge in [-0.05, 0) is 24.3 Å². The molecule has 2 heterocycles. The molecule has 2 aromatic heterocycles. The van der Waals surface area contributed by atoms with Gasteiger partial charge < -0.3 is 10.1 Å². The topological polar surface area (TPSA) is 81.2 Å². The molecule has 28 heavy (non-hydrogen) atoms. The van der Waals surface area contributed by atoms with Gasteiger partial charge in [-0.15, -0.1) is 11.3 Å². The highest BCUT2D eigenvalue weighted by Crippen LogP contribution is 2.22. The Balaban J connectivity index is 1.41. The predicted molar refractivity (Wildman–Crippen MR) is 109 cm³/mol. The number of nitrogens with one attached hydrogen (secondary N) is 1. The summed E-state index contributed by atoms with van der Waals surface area (Å²) in [5.74, 6) is 0.415. The summed E-state index contributed by atoms with van der Waals surface area (Å²) in [5.41, 5.74) is 2.47. The third-order valence-electron chi connectivity index (χ3n) is 4.13. The van der Waals surface area contributed by atoms with Gasteiger partial charge in [0, 0.05) is 54.7 Å². The molecular weight excluding hydrogens is 374 g/mol. The number of carbonyl (C=O) groups excluding carboxylic acids is 2. The van der Waals surface area contributed by atoms with Crippen molar-refractivity contribution in [2.24, 2.45) is 0 Å². The predicted octanol–water partition coefficient (Wildman–Crippen LogP) is 3.54. The van der Waals surface area contributed by atoms with Crippen LogP contribution in [0.4, 0.5) is 0 Å². The zero-order valence-corrected chi connectivity index (χ0v) is 16.4. The minimum Gasteiger partial charge on any atom is -0.497 e. The second-order valence-electron chi connectivity index (χ2n) is 6.14. The maximum atomic E-state index is 12.2. The van der Waals surface area contributed by atoms with Crippen molar-refractivity contribution in [1.82, 2.24) is 15.3 Å². The first-order chi connectivity index (χ1) is 13.7. The third kappa shape index (κ3) is 5.47. The Morgan fingerprint density at radius 1 is 1.18 bits per heavy atom. The second-order valence-corrected chi connectivity index (χ2v) is 7.00. The number of aromatic nitrogens is 2. The van der Waals surface area contributed by atoms with Gasteiger partial charge in [-0.3, -0.25) is 14.6 Å². The lowest BCUT2D eigenvalue weighted by molar-refractivity contribution is -0.121. The fraction of sp³-hybridized carbons (Fsp3) is 0.238. The van der Waals surface area contributed by atoms with E-state index in [9.17, 15) is 9.59 Å². The number of nitrogens with zero attached hydrogens (tertiary/aromatic N) is 2. The number of thiazole rings is 1. The molecule has 6 nitrogen and oxygen atoms in total. The van der Waals surface area contributed by atoms with Gasteiger partial charge in [0.05, 0.1) is 12.8 Å². The Morgan fingerprint density at radius 2 is 2.07 bits per heavy atom. The van der Waals surface area contributed by atoms with Crippen LogP contribution in [0.25, 0.3) is 10.6 Å². The van der Waals surface area contributed by atoms with Crippen LogP contribution in [0.2, 0.25) is 0 Å². The summed E-state index contributed by atoms with van der Waals surface area (Å²) >= 11 is 1.56. The number of ketones is 1. The van der Waals surface area contributed by atoms with Crippen molar-refractivity contribution in [3.63, 3.8) is 0 Å². The van der Waals surface area contributed by atoms with Gasteiger partial charge >= 0.3 is 0 Å². The Morgan fingerprint density at radius 3 is 2.86 bits per heavy atom. The minimum atomic E-state index is -0.140. The smallest absolute Gasteiger partial charge is 0.220 e. The van der Waals surface area contributed by atoms with Crippen molar-refractivity contribution in [2.75, 3.05) is 13.7 Å². The Hall–Kier alpha value is -3.06. The number of pyridine rings is 1. The summed E-state index contributed by atoms with van der Waals surface area (Å²) < 4.78 is 5.12. The first-order valence-corrected chi connectivity index (χ1v) is 9.82. The number of ether oxygens (including phenoxy) is 1. The van der Waals surface area contributed by atoms with Crippen molar-refractivity contribution < 1.29 is 14.3 Å². The molecule has 0 bridgehead atoms. The van der Waals surface area contributed by atoms with E-state index in [0.29, 0.717) is 24.3 Å². The number of amides is 1. The molecule has 0 spiro atoms. The quantitative estimate of drug-likeness (QED) is 0.561. The van der Waals surface area contributed by atoms with Crippen LogP contribution < -0.4 is 10.1 Å². The minimum absolute atomic E-state index is 0.0744. The molecule has 0 aliphatic carbocycles. The van der Waals surface area contributed by atoms with Gasteiger partial charge in [0.1, 0.15) is 10.8 Å². The normalized spacial score (nSPS) is 10.5. The van der Waals surface area contributed by atoms with E-state index in [1.54, 1.807) is 55.1 Å². The SMILES string of the molecule is COc1cccc(C(=O)CCC(=O)NCCc2csc(-c3cccnc3)n2)c1. The molecule has 1 amide bonds. The van der Waals surface area contributed by atoms with E-state index < -0.39 is 0 Å². The van der Waals surface area contributed by atoms with Gasteiger partial charge in [0.2, 0.25) is 5.91 Å². The molecule has 144 valence electrons. The van der Waals surface area contributed by atoms with Crippen LogP contribution >= 0.6 is 11.3 Å². The molecule has 0 radical (unpaired) electrons. The first kappa shape index (κ1) is 19.7. The maximum Gasteiger partial charge on any atom is 0.220 e. The number of benzene rings is 1. The molecule has 1 aromatic carbocycles. The highest BCUT2D eigenvalue weighted by molar-refractivity contribution is 7.13. The summed E-state index contributed by atoms with van der Waals surface area (Å²) in [4.78, 5) is 32.9. The van der Waals surface area contributed by atoms with Crippen LogP contribution in [-0.4, -0.2) is 35.3 Å². The van der Waals surface area contributed by atoms with Crippen molar-refractivity contribution in [1.29, 1.82) is 0 Å². The van der Waals surface area contributed by atoms with E-state index in [-0.39, 0.29) is 24.5 Å². The number of hydrogen-bond donors (Lipinski definition) is 1. The van der Waals surface area contributed by atoms with Crippen molar-refractivity contribution in [2.45, 2.75) is 19.3 Å². The molecular formula is C21H21N3O3S. The molecule has 1 N–H and O–H groups in total. The lowest BCUT2D eigenvalue weighted by Crippen LogP contribution is -2.26. The Kier molecular flexibility index (Phi) is 6.86. The number of carbonyl (C=O) groups is 2. The summed E-state index contributed by atoms with van der Waals surface area (Å²) in [6.45, 7) is 0.488. The van der Waals surface area contributed by atoms with Crippen LogP contribution in [0.3, 0.4) is 0 Å². The molecule has 0 fully saturated rings. The molecule has 0 aliphatic rings. The molecule has 0 saturated carbocycles. The Labute approximate surface area is 167 Å². The number of rotatable bonds is 9. The van der Waals surface area contributed by atoms with Gasteiger partial charge in [0.25, 0.3) is 0 Å². The standard InChI is InChI=1S/C21H21N3O3S/c1-27-18-6-2-4-15(12-18)19(25)7-8-20(26)23-11-9-17-14-28-21(24-17)16-5-3-10-22-13-16/h2-6,10,12-14H,7-9,11H2,1H3,(H,23,26). The zero-order chi connectivity index (χ0) is 19.8. The van der Waals surface area contributed by atoms with Crippen molar-refractivity contribution in [3.05, 3.63) is 65.4 Å². The highest BCUT2D eigenvalue weighted by atomic mass is 32.1. The fourth-order valence-corrected chi connectivity index (χ4v) is 3.47. The number of hydrogen-bond acceptors (Lipinski definition) is 6. The second kappa shape index (κ2) is 9.75. The van der Waals surface area contributed by atoms with Gasteiger partial charge in [-0.1, -0.05) is 12.1 Å². The van der Waals surface area contributed by atoms with Crippen molar-refractivity contribution in [3.8, 4) is 16.3 Å². The van der Waals surface area contributed by atoms with Gasteiger partial charge in [0.15, 0.2) is 5.78 Å². The maximum absolute atomic E-state index is 12.2. The lowest BCUT2D eigenvalue weighted by atomic mass is 10.1. The largest absolute Gasteiger partial charge is 0.497 e. The molecule has 3 rings (SSSR count). The molecule has 0 saturated heterocycles. The summed E-state index contributed by atoms with van der Waals surface area (Å²) in [6.07, 6.45) is 4.48. The molecule has 0 aliphatic heterocycles. The van der Waals surface area contributed by atoms with E-state index in [2.05, 4.69) is 15.3 Å². The summed E-state index contributed by atoms with van der Waals surface area (Å²) in [5, 5.41) is 5.75.